The molecule has 13 heavy (non-hydrogen) atoms. The summed E-state index contributed by atoms with van der Waals surface area (Å²) in [5, 5.41) is 0. The van der Waals surface area contributed by atoms with Crippen molar-refractivity contribution in [2.45, 2.75) is 18.9 Å². The van der Waals surface area contributed by atoms with Crippen LogP contribution in [0.2, 0.25) is 0 Å². The SMILES string of the molecule is CN1CCC[C@H]1c1ccc(=S)[nH]c1. The van der Waals surface area contributed by atoms with Crippen molar-refractivity contribution < 1.29 is 0 Å². The molecule has 2 heterocycles. The zero-order valence-electron chi connectivity index (χ0n) is 7.79. The van der Waals surface area contributed by atoms with E-state index in [0.717, 1.165) is 4.64 Å². The van der Waals surface area contributed by atoms with Gasteiger partial charge in [0.1, 0.15) is 4.64 Å². The summed E-state index contributed by atoms with van der Waals surface area (Å²) in [6.07, 6.45) is 4.60. The summed E-state index contributed by atoms with van der Waals surface area (Å²) in [5.41, 5.74) is 1.36. The summed E-state index contributed by atoms with van der Waals surface area (Å²) in [4.78, 5) is 5.48. The molecule has 70 valence electrons. The van der Waals surface area contributed by atoms with Gasteiger partial charge >= 0.3 is 0 Å². The predicted molar refractivity (Wildman–Crippen MR) is 56.2 cm³/mol. The fraction of sp³-hybridized carbons (Fsp3) is 0.500. The lowest BCUT2D eigenvalue weighted by Crippen LogP contribution is -2.17. The summed E-state index contributed by atoms with van der Waals surface area (Å²) >= 11 is 5.01. The number of pyridine rings is 1. The third-order valence-electron chi connectivity index (χ3n) is 2.71. The number of rotatable bonds is 1. The fourth-order valence-corrected chi connectivity index (χ4v) is 2.09. The maximum absolute atomic E-state index is 5.01. The van der Waals surface area contributed by atoms with E-state index in [2.05, 4.69) is 23.0 Å². The molecule has 1 aliphatic rings. The van der Waals surface area contributed by atoms with Crippen molar-refractivity contribution in [1.82, 2.24) is 9.88 Å². The van der Waals surface area contributed by atoms with Crippen LogP contribution in [-0.4, -0.2) is 23.5 Å². The molecule has 0 bridgehead atoms. The number of nitrogens with zero attached hydrogens (tertiary/aromatic N) is 1. The van der Waals surface area contributed by atoms with Gasteiger partial charge in [0.2, 0.25) is 0 Å². The molecule has 3 heteroatoms. The van der Waals surface area contributed by atoms with E-state index in [1.54, 1.807) is 0 Å². The van der Waals surface area contributed by atoms with Crippen LogP contribution >= 0.6 is 12.2 Å². The molecule has 0 spiro atoms. The van der Waals surface area contributed by atoms with Gasteiger partial charge in [-0.1, -0.05) is 18.3 Å². The number of H-pyrrole nitrogens is 1. The molecule has 0 saturated carbocycles. The lowest BCUT2D eigenvalue weighted by Gasteiger charge is -2.19. The molecular formula is C10H14N2S. The van der Waals surface area contributed by atoms with Gasteiger partial charge in [0, 0.05) is 12.2 Å². The van der Waals surface area contributed by atoms with Crippen molar-refractivity contribution in [2.24, 2.45) is 0 Å². The average molecular weight is 194 g/mol. The predicted octanol–water partition coefficient (Wildman–Crippen LogP) is 2.51. The van der Waals surface area contributed by atoms with Crippen LogP contribution in [0, 0.1) is 4.64 Å². The Bertz CT molecular complexity index is 325. The summed E-state index contributed by atoms with van der Waals surface area (Å²) in [5.74, 6) is 0. The van der Waals surface area contributed by atoms with Crippen molar-refractivity contribution in [3.8, 4) is 0 Å². The minimum Gasteiger partial charge on any atom is -0.353 e. The van der Waals surface area contributed by atoms with E-state index in [4.69, 9.17) is 12.2 Å². The first-order valence-electron chi connectivity index (χ1n) is 4.66. The molecule has 1 saturated heterocycles. The third-order valence-corrected chi connectivity index (χ3v) is 2.97. The normalized spacial score (nSPS) is 23.6. The lowest BCUT2D eigenvalue weighted by atomic mass is 10.1. The van der Waals surface area contributed by atoms with Gasteiger partial charge in [0.05, 0.1) is 0 Å². The fourth-order valence-electron chi connectivity index (χ4n) is 1.96. The molecule has 2 nitrogen and oxygen atoms in total. The second-order valence-corrected chi connectivity index (χ2v) is 4.06. The average Bonchev–Trinajstić information content (AvgIpc) is 2.53. The highest BCUT2D eigenvalue weighted by atomic mass is 32.1. The second-order valence-electron chi connectivity index (χ2n) is 3.62. The van der Waals surface area contributed by atoms with E-state index < -0.39 is 0 Å². The second kappa shape index (κ2) is 3.60. The van der Waals surface area contributed by atoms with Gasteiger partial charge in [-0.2, -0.15) is 0 Å². The van der Waals surface area contributed by atoms with Gasteiger partial charge < -0.3 is 4.98 Å². The van der Waals surface area contributed by atoms with Crippen LogP contribution in [0.25, 0.3) is 0 Å². The zero-order valence-corrected chi connectivity index (χ0v) is 8.60. The highest BCUT2D eigenvalue weighted by Gasteiger charge is 2.21. The number of aromatic amines is 1. The molecule has 1 aromatic heterocycles. The van der Waals surface area contributed by atoms with Crippen molar-refractivity contribution in [1.29, 1.82) is 0 Å². The van der Waals surface area contributed by atoms with Crippen molar-refractivity contribution in [2.75, 3.05) is 13.6 Å². The molecule has 1 aromatic rings. The first-order chi connectivity index (χ1) is 6.27. The van der Waals surface area contributed by atoms with E-state index in [9.17, 15) is 0 Å². The molecule has 0 amide bonds. The minimum atomic E-state index is 0.590. The lowest BCUT2D eigenvalue weighted by molar-refractivity contribution is 0.317. The Labute approximate surface area is 83.6 Å². The maximum Gasteiger partial charge on any atom is 0.103 e. The van der Waals surface area contributed by atoms with Crippen LogP contribution in [0.4, 0.5) is 0 Å². The molecule has 1 aliphatic heterocycles. The molecule has 0 aliphatic carbocycles. The molecule has 0 unspecified atom stereocenters. The Hall–Kier alpha value is -0.670. The molecular weight excluding hydrogens is 180 g/mol. The number of nitrogens with one attached hydrogen (secondary N) is 1. The molecule has 1 atom stereocenters. The van der Waals surface area contributed by atoms with E-state index >= 15 is 0 Å². The molecule has 0 aromatic carbocycles. The van der Waals surface area contributed by atoms with Gasteiger partial charge in [-0.3, -0.25) is 4.90 Å². The summed E-state index contributed by atoms with van der Waals surface area (Å²) in [7, 11) is 2.18. The standard InChI is InChI=1S/C10H14N2S/c1-12-6-2-3-9(12)8-4-5-10(13)11-7-8/h4-5,7,9H,2-3,6H2,1H3,(H,11,13)/t9-/m0/s1. The Kier molecular flexibility index (Phi) is 2.47. The van der Waals surface area contributed by atoms with E-state index in [0.29, 0.717) is 6.04 Å². The topological polar surface area (TPSA) is 19.0 Å². The van der Waals surface area contributed by atoms with E-state index in [1.807, 2.05) is 12.3 Å². The third kappa shape index (κ3) is 1.81. The largest absolute Gasteiger partial charge is 0.353 e. The Balaban J connectivity index is 2.25. The molecule has 2 rings (SSSR count). The van der Waals surface area contributed by atoms with Gasteiger partial charge in [0.15, 0.2) is 0 Å². The van der Waals surface area contributed by atoms with Crippen LogP contribution in [0.5, 0.6) is 0 Å². The van der Waals surface area contributed by atoms with Crippen LogP contribution < -0.4 is 0 Å². The first-order valence-corrected chi connectivity index (χ1v) is 5.07. The number of aromatic nitrogens is 1. The number of hydrogen-bond donors (Lipinski definition) is 1. The summed E-state index contributed by atoms with van der Waals surface area (Å²) in [6.45, 7) is 1.21. The number of hydrogen-bond acceptors (Lipinski definition) is 2. The van der Waals surface area contributed by atoms with Crippen LogP contribution in [0.15, 0.2) is 18.3 Å². The van der Waals surface area contributed by atoms with Gasteiger partial charge in [-0.05, 0) is 38.1 Å². The van der Waals surface area contributed by atoms with Gasteiger partial charge in [0.25, 0.3) is 0 Å². The maximum atomic E-state index is 5.01. The zero-order chi connectivity index (χ0) is 9.26. The molecule has 1 N–H and O–H groups in total. The quantitative estimate of drug-likeness (QED) is 0.693. The highest BCUT2D eigenvalue weighted by Crippen LogP contribution is 2.29. The Morgan fingerprint density at radius 3 is 2.92 bits per heavy atom. The van der Waals surface area contributed by atoms with E-state index in [-0.39, 0.29) is 0 Å². The summed E-state index contributed by atoms with van der Waals surface area (Å²) < 4.78 is 0.810. The van der Waals surface area contributed by atoms with Crippen LogP contribution in [0.1, 0.15) is 24.4 Å². The smallest absolute Gasteiger partial charge is 0.103 e. The van der Waals surface area contributed by atoms with Crippen LogP contribution in [-0.2, 0) is 0 Å². The monoisotopic (exact) mass is 194 g/mol. The summed E-state index contributed by atoms with van der Waals surface area (Å²) in [6, 6.07) is 4.69. The highest BCUT2D eigenvalue weighted by molar-refractivity contribution is 7.71. The van der Waals surface area contributed by atoms with Gasteiger partial charge in [-0.15, -0.1) is 0 Å². The van der Waals surface area contributed by atoms with E-state index in [1.165, 1.54) is 24.9 Å². The van der Waals surface area contributed by atoms with Gasteiger partial charge in [-0.25, -0.2) is 0 Å². The Morgan fingerprint density at radius 1 is 1.54 bits per heavy atom. The molecule has 1 fully saturated rings. The van der Waals surface area contributed by atoms with Crippen molar-refractivity contribution >= 4 is 12.2 Å². The van der Waals surface area contributed by atoms with Crippen LogP contribution in [0.3, 0.4) is 0 Å². The van der Waals surface area contributed by atoms with Crippen molar-refractivity contribution in [3.63, 3.8) is 0 Å². The van der Waals surface area contributed by atoms with Crippen molar-refractivity contribution in [3.05, 3.63) is 28.5 Å². The number of likely N-dealkylation sites (tertiary alicyclic amines) is 1. The minimum absolute atomic E-state index is 0.590. The Morgan fingerprint density at radius 2 is 2.38 bits per heavy atom. The first kappa shape index (κ1) is 8.91. The molecule has 0 radical (unpaired) electrons.